The van der Waals surface area contributed by atoms with Gasteiger partial charge in [0.2, 0.25) is 0 Å². The molecule has 3 atom stereocenters. The first-order chi connectivity index (χ1) is 8.77. The van der Waals surface area contributed by atoms with Gasteiger partial charge in [0, 0.05) is 18.6 Å². The van der Waals surface area contributed by atoms with Crippen molar-refractivity contribution in [3.63, 3.8) is 0 Å². The van der Waals surface area contributed by atoms with E-state index in [0.29, 0.717) is 12.1 Å². The summed E-state index contributed by atoms with van der Waals surface area (Å²) in [4.78, 5) is 0. The van der Waals surface area contributed by atoms with Crippen LogP contribution in [0.25, 0.3) is 0 Å². The standard InChI is InChI=1S/C13H17BClN2P/c14-17-13-9-5-4-8-12(13)16(18(17)15)10-11-6-2-1-3-7-11/h1-3,6-7,12-13H,4-5,8-10H2. The molecule has 2 fully saturated rings. The van der Waals surface area contributed by atoms with Crippen LogP contribution in [0, 0.1) is 0 Å². The third-order valence-electron chi connectivity index (χ3n) is 4.01. The molecule has 0 bridgehead atoms. The second-order valence-corrected chi connectivity index (χ2v) is 7.49. The van der Waals surface area contributed by atoms with Crippen molar-refractivity contribution in [1.29, 1.82) is 0 Å². The van der Waals surface area contributed by atoms with E-state index in [0.717, 1.165) is 6.54 Å². The molecular formula is C13H17BClN2P. The number of fused-ring (bicyclic) bond motifs is 1. The molecule has 0 aromatic heterocycles. The summed E-state index contributed by atoms with van der Waals surface area (Å²) >= 11 is 6.55. The molecule has 5 heteroatoms. The molecule has 2 radical (unpaired) electrons. The molecule has 1 saturated heterocycles. The zero-order valence-electron chi connectivity index (χ0n) is 10.4. The summed E-state index contributed by atoms with van der Waals surface area (Å²) in [6.07, 6.45) is 5.02. The number of hydrogen-bond acceptors (Lipinski definition) is 2. The molecule has 94 valence electrons. The van der Waals surface area contributed by atoms with E-state index in [1.54, 1.807) is 0 Å². The molecule has 0 N–H and O–H groups in total. The minimum atomic E-state index is -0.847. The Balaban J connectivity index is 1.78. The Morgan fingerprint density at radius 2 is 1.83 bits per heavy atom. The van der Waals surface area contributed by atoms with Crippen molar-refractivity contribution in [2.75, 3.05) is 0 Å². The van der Waals surface area contributed by atoms with Gasteiger partial charge in [-0.1, -0.05) is 54.4 Å². The second-order valence-electron chi connectivity index (χ2n) is 5.12. The molecule has 18 heavy (non-hydrogen) atoms. The topological polar surface area (TPSA) is 6.48 Å². The van der Waals surface area contributed by atoms with Crippen LogP contribution in [0.2, 0.25) is 0 Å². The van der Waals surface area contributed by atoms with E-state index >= 15 is 0 Å². The number of halogens is 1. The summed E-state index contributed by atoms with van der Waals surface area (Å²) in [5, 5.41) is 0. The van der Waals surface area contributed by atoms with Crippen molar-refractivity contribution < 1.29 is 0 Å². The van der Waals surface area contributed by atoms with E-state index in [-0.39, 0.29) is 0 Å². The van der Waals surface area contributed by atoms with Crippen molar-refractivity contribution in [2.24, 2.45) is 0 Å². The van der Waals surface area contributed by atoms with Crippen molar-refractivity contribution >= 4 is 26.8 Å². The molecule has 2 aliphatic rings. The summed E-state index contributed by atoms with van der Waals surface area (Å²) in [6.45, 7) is 0.922. The third kappa shape index (κ3) is 2.34. The average Bonchev–Trinajstić information content (AvgIpc) is 2.66. The van der Waals surface area contributed by atoms with Gasteiger partial charge in [-0.25, -0.2) is 4.67 Å². The van der Waals surface area contributed by atoms with Crippen LogP contribution in [0.4, 0.5) is 0 Å². The molecular weight excluding hydrogens is 261 g/mol. The minimum Gasteiger partial charge on any atom is -0.305 e. The van der Waals surface area contributed by atoms with Crippen LogP contribution in [-0.2, 0) is 6.54 Å². The fourth-order valence-electron chi connectivity index (χ4n) is 3.07. The van der Waals surface area contributed by atoms with E-state index in [1.165, 1.54) is 31.2 Å². The summed E-state index contributed by atoms with van der Waals surface area (Å²) in [5.41, 5.74) is 1.32. The maximum atomic E-state index is 6.55. The quantitative estimate of drug-likeness (QED) is 0.602. The summed E-state index contributed by atoms with van der Waals surface area (Å²) in [6, 6.07) is 11.6. The first kappa shape index (κ1) is 12.9. The average molecular weight is 279 g/mol. The van der Waals surface area contributed by atoms with Crippen LogP contribution in [-0.4, -0.2) is 29.3 Å². The van der Waals surface area contributed by atoms with Crippen LogP contribution < -0.4 is 0 Å². The zero-order valence-corrected chi connectivity index (χ0v) is 12.0. The Morgan fingerprint density at radius 3 is 2.56 bits per heavy atom. The predicted octanol–water partition coefficient (Wildman–Crippen LogP) is 3.66. The van der Waals surface area contributed by atoms with Gasteiger partial charge in [0.15, 0.2) is 7.98 Å². The Labute approximate surface area is 116 Å². The fraction of sp³-hybridized carbons (Fsp3) is 0.538. The van der Waals surface area contributed by atoms with Gasteiger partial charge in [0.25, 0.3) is 0 Å². The van der Waals surface area contributed by atoms with Crippen LogP contribution in [0.15, 0.2) is 30.3 Å². The number of benzene rings is 1. The zero-order chi connectivity index (χ0) is 12.5. The van der Waals surface area contributed by atoms with Gasteiger partial charge in [-0.15, -0.1) is 0 Å². The lowest BCUT2D eigenvalue weighted by Gasteiger charge is -2.31. The normalized spacial score (nSPS) is 33.5. The maximum Gasteiger partial charge on any atom is 0.192 e. The van der Waals surface area contributed by atoms with E-state index in [1.807, 2.05) is 4.58 Å². The van der Waals surface area contributed by atoms with E-state index in [9.17, 15) is 0 Å². The first-order valence-electron chi connectivity index (χ1n) is 6.57. The smallest absolute Gasteiger partial charge is 0.192 e. The molecule has 1 aromatic carbocycles. The highest BCUT2D eigenvalue weighted by Crippen LogP contribution is 2.59. The van der Waals surface area contributed by atoms with Gasteiger partial charge < -0.3 is 4.58 Å². The SMILES string of the molecule is [B]N1C2CCCCC2N(Cc2ccccc2)P1Cl. The molecule has 1 saturated carbocycles. The number of rotatable bonds is 2. The predicted molar refractivity (Wildman–Crippen MR) is 78.4 cm³/mol. The van der Waals surface area contributed by atoms with Crippen LogP contribution in [0.3, 0.4) is 0 Å². The highest BCUT2D eigenvalue weighted by atomic mass is 35.7. The lowest BCUT2D eigenvalue weighted by atomic mass is 9.89. The van der Waals surface area contributed by atoms with Gasteiger partial charge >= 0.3 is 0 Å². The largest absolute Gasteiger partial charge is 0.305 e. The number of nitrogens with zero attached hydrogens (tertiary/aromatic N) is 2. The van der Waals surface area contributed by atoms with Crippen molar-refractivity contribution in [3.05, 3.63) is 35.9 Å². The van der Waals surface area contributed by atoms with Gasteiger partial charge in [0.1, 0.15) is 7.58 Å². The van der Waals surface area contributed by atoms with Gasteiger partial charge in [-0.2, -0.15) is 0 Å². The molecule has 1 heterocycles. The molecule has 0 spiro atoms. The lowest BCUT2D eigenvalue weighted by molar-refractivity contribution is 0.231. The maximum absolute atomic E-state index is 6.55. The molecule has 2 nitrogen and oxygen atoms in total. The molecule has 0 amide bonds. The summed E-state index contributed by atoms with van der Waals surface area (Å²) < 4.78 is 4.33. The first-order valence-corrected chi connectivity index (χ1v) is 8.73. The Hall–Kier alpha value is -0.0751. The Bertz CT molecular complexity index is 405. The second kappa shape index (κ2) is 5.50. The van der Waals surface area contributed by atoms with Crippen molar-refractivity contribution in [1.82, 2.24) is 9.25 Å². The minimum absolute atomic E-state index is 0.464. The highest BCUT2D eigenvalue weighted by Gasteiger charge is 2.44. The molecule has 1 aromatic rings. The van der Waals surface area contributed by atoms with Crippen LogP contribution in [0.5, 0.6) is 0 Å². The Kier molecular flexibility index (Phi) is 3.95. The Morgan fingerprint density at radius 1 is 1.17 bits per heavy atom. The monoisotopic (exact) mass is 278 g/mol. The van der Waals surface area contributed by atoms with E-state index < -0.39 is 7.58 Å². The molecule has 1 aliphatic carbocycles. The van der Waals surface area contributed by atoms with Crippen LogP contribution in [0.1, 0.15) is 31.2 Å². The van der Waals surface area contributed by atoms with Gasteiger partial charge in [-0.05, 0) is 18.4 Å². The van der Waals surface area contributed by atoms with Crippen molar-refractivity contribution in [3.8, 4) is 0 Å². The fourth-order valence-corrected chi connectivity index (χ4v) is 5.48. The highest BCUT2D eigenvalue weighted by molar-refractivity contribution is 7.81. The third-order valence-corrected chi connectivity index (χ3v) is 6.65. The van der Waals surface area contributed by atoms with E-state index in [2.05, 4.69) is 35.0 Å². The van der Waals surface area contributed by atoms with Crippen molar-refractivity contribution in [2.45, 2.75) is 44.3 Å². The van der Waals surface area contributed by atoms with E-state index in [4.69, 9.17) is 19.2 Å². The number of hydrogen-bond donors (Lipinski definition) is 0. The molecule has 3 rings (SSSR count). The van der Waals surface area contributed by atoms with Gasteiger partial charge in [-0.3, -0.25) is 0 Å². The van der Waals surface area contributed by atoms with Crippen LogP contribution >= 0.6 is 18.8 Å². The summed E-state index contributed by atoms with van der Waals surface area (Å²) in [5.74, 6) is 0. The lowest BCUT2D eigenvalue weighted by Crippen LogP contribution is -2.39. The summed E-state index contributed by atoms with van der Waals surface area (Å²) in [7, 11) is 5.32. The molecule has 1 aliphatic heterocycles. The molecule has 3 unspecified atom stereocenters. The van der Waals surface area contributed by atoms with Gasteiger partial charge in [0.05, 0.1) is 0 Å².